The van der Waals surface area contributed by atoms with E-state index in [1.807, 2.05) is 13.8 Å². The van der Waals surface area contributed by atoms with Gasteiger partial charge in [0.2, 0.25) is 0 Å². The number of carbonyl (C=O) groups is 2. The number of hydrogen-bond acceptors (Lipinski definition) is 5. The minimum atomic E-state index is -0.439. The molecule has 1 amide bonds. The zero-order valence-electron chi connectivity index (χ0n) is 13.4. The molecular weight excluding hydrogens is 328 g/mol. The quantitative estimate of drug-likeness (QED) is 0.639. The van der Waals surface area contributed by atoms with E-state index in [-0.39, 0.29) is 22.8 Å². The Balaban J connectivity index is 1.88. The van der Waals surface area contributed by atoms with Crippen molar-refractivity contribution in [1.29, 1.82) is 0 Å². The normalized spacial score (nSPS) is 10.3. The lowest BCUT2D eigenvalue weighted by Gasteiger charge is -2.10. The number of ether oxygens (including phenoxy) is 1. The predicted octanol–water partition coefficient (Wildman–Crippen LogP) is 3.22. The molecule has 0 atom stereocenters. The van der Waals surface area contributed by atoms with Crippen LogP contribution in [0.25, 0.3) is 0 Å². The standard InChI is InChI=1S/C17H18N2O4S/c1-11(2)10-23-16(21)12-5-7-13(8-6-12)18-17(24)19-15(20)14-4-3-9-22-14/h3-9,11H,10H2,1-2H3,(H2,18,19,20,24). The predicted molar refractivity (Wildman–Crippen MR) is 94.0 cm³/mol. The van der Waals surface area contributed by atoms with Crippen molar-refractivity contribution >= 4 is 34.9 Å². The van der Waals surface area contributed by atoms with Gasteiger partial charge in [0, 0.05) is 5.69 Å². The molecule has 0 aliphatic heterocycles. The van der Waals surface area contributed by atoms with Gasteiger partial charge in [0.15, 0.2) is 10.9 Å². The van der Waals surface area contributed by atoms with Gasteiger partial charge in [-0.15, -0.1) is 0 Å². The van der Waals surface area contributed by atoms with Crippen LogP contribution >= 0.6 is 12.2 Å². The summed E-state index contributed by atoms with van der Waals surface area (Å²) >= 11 is 5.06. The molecule has 7 heteroatoms. The maximum atomic E-state index is 11.8. The number of rotatable bonds is 5. The number of nitrogens with one attached hydrogen (secondary N) is 2. The van der Waals surface area contributed by atoms with Crippen LogP contribution in [-0.2, 0) is 4.74 Å². The van der Waals surface area contributed by atoms with Gasteiger partial charge in [0.05, 0.1) is 18.4 Å². The van der Waals surface area contributed by atoms with E-state index in [0.29, 0.717) is 17.9 Å². The summed E-state index contributed by atoms with van der Waals surface area (Å²) in [6.07, 6.45) is 1.41. The summed E-state index contributed by atoms with van der Waals surface area (Å²) in [7, 11) is 0. The van der Waals surface area contributed by atoms with E-state index < -0.39 is 5.91 Å². The lowest BCUT2D eigenvalue weighted by atomic mass is 10.2. The summed E-state index contributed by atoms with van der Waals surface area (Å²) < 4.78 is 10.1. The van der Waals surface area contributed by atoms with Crippen molar-refractivity contribution in [3.63, 3.8) is 0 Å². The van der Waals surface area contributed by atoms with E-state index in [1.54, 1.807) is 30.3 Å². The second-order valence-corrected chi connectivity index (χ2v) is 5.86. The Morgan fingerprint density at radius 2 is 1.92 bits per heavy atom. The van der Waals surface area contributed by atoms with E-state index in [1.165, 1.54) is 12.3 Å². The molecule has 0 fully saturated rings. The molecular formula is C17H18N2O4S. The first-order valence-corrected chi connectivity index (χ1v) is 7.79. The lowest BCUT2D eigenvalue weighted by Crippen LogP contribution is -2.33. The molecule has 2 N–H and O–H groups in total. The molecule has 0 radical (unpaired) electrons. The average Bonchev–Trinajstić information content (AvgIpc) is 3.07. The molecule has 2 rings (SSSR count). The summed E-state index contributed by atoms with van der Waals surface area (Å²) in [4.78, 5) is 23.6. The third kappa shape index (κ3) is 5.20. The second-order valence-electron chi connectivity index (χ2n) is 5.46. The van der Waals surface area contributed by atoms with E-state index in [2.05, 4.69) is 10.6 Å². The monoisotopic (exact) mass is 346 g/mol. The third-order valence-corrected chi connectivity index (χ3v) is 3.10. The van der Waals surface area contributed by atoms with Gasteiger partial charge in [0.25, 0.3) is 5.91 Å². The van der Waals surface area contributed by atoms with Gasteiger partial charge in [-0.1, -0.05) is 13.8 Å². The van der Waals surface area contributed by atoms with Gasteiger partial charge in [-0.05, 0) is 54.5 Å². The average molecular weight is 346 g/mol. The molecule has 126 valence electrons. The number of furan rings is 1. The molecule has 0 saturated heterocycles. The van der Waals surface area contributed by atoms with Crippen molar-refractivity contribution in [2.24, 2.45) is 5.92 Å². The minimum Gasteiger partial charge on any atom is -0.462 e. The van der Waals surface area contributed by atoms with Crippen molar-refractivity contribution in [2.45, 2.75) is 13.8 Å². The molecule has 0 aliphatic rings. The molecule has 0 spiro atoms. The maximum Gasteiger partial charge on any atom is 0.338 e. The smallest absolute Gasteiger partial charge is 0.338 e. The summed E-state index contributed by atoms with van der Waals surface area (Å²) in [5, 5.41) is 5.48. The van der Waals surface area contributed by atoms with Crippen LogP contribution in [0.5, 0.6) is 0 Å². The highest BCUT2D eigenvalue weighted by Gasteiger charge is 2.11. The Kier molecular flexibility index (Phi) is 6.08. The molecule has 2 aromatic rings. The highest BCUT2D eigenvalue weighted by molar-refractivity contribution is 7.80. The van der Waals surface area contributed by atoms with Crippen molar-refractivity contribution in [3.8, 4) is 0 Å². The highest BCUT2D eigenvalue weighted by Crippen LogP contribution is 2.11. The minimum absolute atomic E-state index is 0.131. The van der Waals surface area contributed by atoms with Gasteiger partial charge < -0.3 is 14.5 Å². The Morgan fingerprint density at radius 3 is 2.50 bits per heavy atom. The molecule has 1 heterocycles. The van der Waals surface area contributed by atoms with Gasteiger partial charge >= 0.3 is 5.97 Å². The fraction of sp³-hybridized carbons (Fsp3) is 0.235. The summed E-state index contributed by atoms with van der Waals surface area (Å²) in [6, 6.07) is 9.76. The fourth-order valence-electron chi connectivity index (χ4n) is 1.75. The van der Waals surface area contributed by atoms with Crippen LogP contribution in [0.1, 0.15) is 34.8 Å². The Labute approximate surface area is 145 Å². The largest absolute Gasteiger partial charge is 0.462 e. The topological polar surface area (TPSA) is 80.6 Å². The third-order valence-electron chi connectivity index (χ3n) is 2.90. The number of benzene rings is 1. The first-order chi connectivity index (χ1) is 11.5. The van der Waals surface area contributed by atoms with Crippen molar-refractivity contribution in [2.75, 3.05) is 11.9 Å². The van der Waals surface area contributed by atoms with Crippen LogP contribution in [0.2, 0.25) is 0 Å². The Bertz CT molecular complexity index is 709. The lowest BCUT2D eigenvalue weighted by molar-refractivity contribution is 0.0459. The van der Waals surface area contributed by atoms with E-state index in [9.17, 15) is 9.59 Å². The van der Waals surface area contributed by atoms with Crippen molar-refractivity contribution in [3.05, 3.63) is 54.0 Å². The molecule has 24 heavy (non-hydrogen) atoms. The Hall–Kier alpha value is -2.67. The molecule has 0 unspecified atom stereocenters. The summed E-state index contributed by atoms with van der Waals surface area (Å²) in [5.41, 5.74) is 1.09. The van der Waals surface area contributed by atoms with E-state index in [4.69, 9.17) is 21.4 Å². The fourth-order valence-corrected chi connectivity index (χ4v) is 1.96. The van der Waals surface area contributed by atoms with Gasteiger partial charge in [-0.3, -0.25) is 10.1 Å². The van der Waals surface area contributed by atoms with Crippen molar-refractivity contribution in [1.82, 2.24) is 5.32 Å². The first kappa shape index (κ1) is 17.7. The van der Waals surface area contributed by atoms with Crippen LogP contribution < -0.4 is 10.6 Å². The highest BCUT2D eigenvalue weighted by atomic mass is 32.1. The zero-order valence-corrected chi connectivity index (χ0v) is 14.2. The van der Waals surface area contributed by atoms with Gasteiger partial charge in [0.1, 0.15) is 0 Å². The molecule has 1 aromatic carbocycles. The van der Waals surface area contributed by atoms with Crippen LogP contribution in [0.4, 0.5) is 5.69 Å². The maximum absolute atomic E-state index is 11.8. The SMILES string of the molecule is CC(C)COC(=O)c1ccc(NC(=S)NC(=O)c2ccco2)cc1. The summed E-state index contributed by atoms with van der Waals surface area (Å²) in [5.74, 6) is -0.359. The van der Waals surface area contributed by atoms with Crippen LogP contribution in [0, 0.1) is 5.92 Å². The van der Waals surface area contributed by atoms with Crippen LogP contribution in [-0.4, -0.2) is 23.6 Å². The molecule has 0 aliphatic carbocycles. The first-order valence-electron chi connectivity index (χ1n) is 7.38. The number of anilines is 1. The molecule has 0 bridgehead atoms. The number of thiocarbonyl (C=S) groups is 1. The van der Waals surface area contributed by atoms with E-state index >= 15 is 0 Å². The number of carbonyl (C=O) groups excluding carboxylic acids is 2. The molecule has 6 nitrogen and oxygen atoms in total. The second kappa shape index (κ2) is 8.26. The van der Waals surface area contributed by atoms with Gasteiger partial charge in [-0.2, -0.15) is 0 Å². The molecule has 0 saturated carbocycles. The number of esters is 1. The molecule has 1 aromatic heterocycles. The van der Waals surface area contributed by atoms with Crippen LogP contribution in [0.15, 0.2) is 47.1 Å². The van der Waals surface area contributed by atoms with Crippen molar-refractivity contribution < 1.29 is 18.7 Å². The number of hydrogen-bond donors (Lipinski definition) is 2. The van der Waals surface area contributed by atoms with E-state index in [0.717, 1.165) is 0 Å². The van der Waals surface area contributed by atoms with Crippen LogP contribution in [0.3, 0.4) is 0 Å². The zero-order chi connectivity index (χ0) is 17.5. The van der Waals surface area contributed by atoms with Gasteiger partial charge in [-0.25, -0.2) is 4.79 Å². The Morgan fingerprint density at radius 1 is 1.21 bits per heavy atom. The summed E-state index contributed by atoms with van der Waals surface area (Å²) in [6.45, 7) is 4.32. The number of amides is 1.